The predicted molar refractivity (Wildman–Crippen MR) is 83.0 cm³/mol. The van der Waals surface area contributed by atoms with E-state index in [1.165, 1.54) is 57.8 Å². The maximum absolute atomic E-state index is 10.4. The van der Waals surface area contributed by atoms with Gasteiger partial charge in [0.1, 0.15) is 0 Å². The minimum atomic E-state index is -1.11. The molecule has 0 spiro atoms. The van der Waals surface area contributed by atoms with Crippen LogP contribution in [0.25, 0.3) is 0 Å². The third-order valence-corrected chi connectivity index (χ3v) is 3.70. The highest BCUT2D eigenvalue weighted by Gasteiger charge is 2.09. The molecule has 0 rings (SSSR count). The highest BCUT2D eigenvalue weighted by molar-refractivity contribution is 5.77. The molecule has 0 atom stereocenters. The summed E-state index contributed by atoms with van der Waals surface area (Å²) in [4.78, 5) is 10.4. The zero-order chi connectivity index (χ0) is 15.3. The Balaban J connectivity index is 3.41. The van der Waals surface area contributed by atoms with Crippen LogP contribution in [0.3, 0.4) is 0 Å². The Morgan fingerprint density at radius 1 is 0.900 bits per heavy atom. The van der Waals surface area contributed by atoms with Gasteiger partial charge in [0.25, 0.3) is 0 Å². The Kier molecular flexibility index (Phi) is 11.5. The van der Waals surface area contributed by atoms with Crippen molar-refractivity contribution in [3.05, 3.63) is 12.3 Å². The number of rotatable bonds is 13. The molecule has 118 valence electrons. The molecule has 0 saturated carbocycles. The number of aliphatic carboxylic acids is 1. The Morgan fingerprint density at radius 3 is 1.80 bits per heavy atom. The molecule has 0 fully saturated rings. The highest BCUT2D eigenvalue weighted by Crippen LogP contribution is 2.11. The summed E-state index contributed by atoms with van der Waals surface area (Å²) in [5, 5.41) is 10.4. The molecule has 0 aliphatic rings. The van der Waals surface area contributed by atoms with Crippen molar-refractivity contribution in [2.75, 3.05) is 20.6 Å². The van der Waals surface area contributed by atoms with Crippen LogP contribution in [0.4, 0.5) is 0 Å². The van der Waals surface area contributed by atoms with Crippen molar-refractivity contribution in [3.63, 3.8) is 0 Å². The summed E-state index contributed by atoms with van der Waals surface area (Å²) in [5.74, 6) is -1.11. The summed E-state index contributed by atoms with van der Waals surface area (Å²) in [6.45, 7) is 3.24. The van der Waals surface area contributed by atoms with Gasteiger partial charge in [0.05, 0.1) is 32.8 Å². The third kappa shape index (κ3) is 13.6. The lowest BCUT2D eigenvalue weighted by Crippen LogP contribution is -2.35. The number of carbonyl (C=O) groups is 1. The zero-order valence-electron chi connectivity index (χ0n) is 13.7. The fourth-order valence-corrected chi connectivity index (χ4v) is 2.34. The minimum Gasteiger partial charge on any atom is -0.545 e. The molecule has 0 aromatic carbocycles. The van der Waals surface area contributed by atoms with Crippen molar-refractivity contribution in [1.29, 1.82) is 0 Å². The van der Waals surface area contributed by atoms with Crippen LogP contribution in [0.5, 0.6) is 0 Å². The lowest BCUT2D eigenvalue weighted by atomic mass is 10.1. The van der Waals surface area contributed by atoms with Gasteiger partial charge in [0.2, 0.25) is 0 Å². The monoisotopic (exact) mass is 283 g/mol. The average Bonchev–Trinajstić information content (AvgIpc) is 2.39. The Hall–Kier alpha value is -0.830. The van der Waals surface area contributed by atoms with Crippen LogP contribution in [0.2, 0.25) is 0 Å². The van der Waals surface area contributed by atoms with Crippen LogP contribution in [-0.2, 0) is 4.79 Å². The highest BCUT2D eigenvalue weighted by atomic mass is 16.4. The van der Waals surface area contributed by atoms with Crippen LogP contribution in [0.1, 0.15) is 71.1 Å². The van der Waals surface area contributed by atoms with Gasteiger partial charge in [-0.2, -0.15) is 0 Å². The minimum absolute atomic E-state index is 0.616. The van der Waals surface area contributed by atoms with Crippen LogP contribution >= 0.6 is 0 Å². The fraction of sp³-hybridized carbons (Fsp3) is 0.824. The summed E-state index contributed by atoms with van der Waals surface area (Å²) in [7, 11) is 4.04. The average molecular weight is 283 g/mol. The van der Waals surface area contributed by atoms with Crippen molar-refractivity contribution < 1.29 is 14.4 Å². The molecule has 0 bridgehead atoms. The van der Waals surface area contributed by atoms with Crippen molar-refractivity contribution in [3.8, 4) is 0 Å². The number of hydrogen-bond donors (Lipinski definition) is 0. The molecule has 3 nitrogen and oxygen atoms in total. The van der Waals surface area contributed by atoms with Gasteiger partial charge in [-0.3, -0.25) is 0 Å². The summed E-state index contributed by atoms with van der Waals surface area (Å²) in [6.07, 6.45) is 16.1. The van der Waals surface area contributed by atoms with Gasteiger partial charge in [0, 0.05) is 6.08 Å². The van der Waals surface area contributed by atoms with E-state index in [9.17, 15) is 9.90 Å². The molecule has 0 saturated heterocycles. The van der Waals surface area contributed by atoms with E-state index in [0.29, 0.717) is 4.48 Å². The largest absolute Gasteiger partial charge is 0.545 e. The summed E-state index contributed by atoms with van der Waals surface area (Å²) >= 11 is 0. The number of carboxylic acid groups (broad SMARTS) is 1. The van der Waals surface area contributed by atoms with Crippen LogP contribution in [-0.4, -0.2) is 31.1 Å². The van der Waals surface area contributed by atoms with E-state index >= 15 is 0 Å². The summed E-state index contributed by atoms with van der Waals surface area (Å²) in [5.41, 5.74) is 0. The molecular weight excluding hydrogens is 250 g/mol. The second-order valence-electron chi connectivity index (χ2n) is 6.32. The quantitative estimate of drug-likeness (QED) is 0.296. The maximum Gasteiger partial charge on any atom is 0.0972 e. The topological polar surface area (TPSA) is 40.1 Å². The molecule has 0 aliphatic heterocycles. The molecule has 0 amide bonds. The van der Waals surface area contributed by atoms with E-state index in [1.54, 1.807) is 6.20 Å². The molecule has 0 heterocycles. The first-order valence-corrected chi connectivity index (χ1v) is 8.21. The summed E-state index contributed by atoms with van der Waals surface area (Å²) in [6, 6.07) is 0. The van der Waals surface area contributed by atoms with Crippen LogP contribution in [0, 0.1) is 0 Å². The molecule has 0 aromatic rings. The smallest absolute Gasteiger partial charge is 0.0972 e. The number of quaternary nitrogens is 1. The molecule has 0 N–H and O–H groups in total. The SMILES string of the molecule is CCCCCCCCCCCC[N+](C)(C)/C=C/C(=O)[O-]. The van der Waals surface area contributed by atoms with Gasteiger partial charge < -0.3 is 14.4 Å². The molecule has 0 unspecified atom stereocenters. The Bertz CT molecular complexity index is 272. The van der Waals surface area contributed by atoms with Crippen molar-refractivity contribution in [2.24, 2.45) is 0 Å². The van der Waals surface area contributed by atoms with E-state index < -0.39 is 5.97 Å². The Morgan fingerprint density at radius 2 is 1.35 bits per heavy atom. The van der Waals surface area contributed by atoms with Crippen LogP contribution < -0.4 is 5.11 Å². The molecule has 0 aliphatic carbocycles. The molecule has 0 radical (unpaired) electrons. The molecule has 20 heavy (non-hydrogen) atoms. The van der Waals surface area contributed by atoms with Crippen molar-refractivity contribution >= 4 is 5.97 Å². The van der Waals surface area contributed by atoms with Crippen LogP contribution in [0.15, 0.2) is 12.3 Å². The maximum atomic E-state index is 10.4. The molecular formula is C17H33NO2. The zero-order valence-corrected chi connectivity index (χ0v) is 13.7. The standard InChI is InChI=1S/C17H33NO2/c1-4-5-6-7-8-9-10-11-12-13-15-18(2,3)16-14-17(19)20/h14,16H,4-13,15H2,1-3H3/b16-14+. The lowest BCUT2D eigenvalue weighted by Gasteiger charge is -2.24. The van der Waals surface area contributed by atoms with Gasteiger partial charge in [-0.1, -0.05) is 58.3 Å². The number of nitrogens with zero attached hydrogens (tertiary/aromatic N) is 1. The van der Waals surface area contributed by atoms with Gasteiger partial charge in [-0.05, 0) is 12.8 Å². The first-order chi connectivity index (χ1) is 9.48. The number of carbonyl (C=O) groups excluding carboxylic acids is 1. The van der Waals surface area contributed by atoms with E-state index in [0.717, 1.165) is 19.0 Å². The van der Waals surface area contributed by atoms with E-state index in [4.69, 9.17) is 0 Å². The number of unbranched alkanes of at least 4 members (excludes halogenated alkanes) is 9. The van der Waals surface area contributed by atoms with E-state index in [2.05, 4.69) is 6.92 Å². The van der Waals surface area contributed by atoms with Gasteiger partial charge in [-0.25, -0.2) is 0 Å². The van der Waals surface area contributed by atoms with E-state index in [-0.39, 0.29) is 0 Å². The molecule has 3 heteroatoms. The fourth-order valence-electron chi connectivity index (χ4n) is 2.34. The second-order valence-corrected chi connectivity index (χ2v) is 6.32. The lowest BCUT2D eigenvalue weighted by molar-refractivity contribution is -0.839. The van der Waals surface area contributed by atoms with Gasteiger partial charge >= 0.3 is 0 Å². The first kappa shape index (κ1) is 19.2. The van der Waals surface area contributed by atoms with Gasteiger partial charge in [0.15, 0.2) is 0 Å². The normalized spacial score (nSPS) is 12.2. The third-order valence-electron chi connectivity index (χ3n) is 3.70. The Labute approximate surface area is 125 Å². The predicted octanol–water partition coefficient (Wildman–Crippen LogP) is 3.25. The van der Waals surface area contributed by atoms with Crippen molar-refractivity contribution in [2.45, 2.75) is 71.1 Å². The van der Waals surface area contributed by atoms with Crippen molar-refractivity contribution in [1.82, 2.24) is 0 Å². The van der Waals surface area contributed by atoms with Gasteiger partial charge in [-0.15, -0.1) is 0 Å². The number of hydrogen-bond acceptors (Lipinski definition) is 2. The second kappa shape index (κ2) is 12.0. The van der Waals surface area contributed by atoms with E-state index in [1.807, 2.05) is 14.1 Å². The first-order valence-electron chi connectivity index (χ1n) is 8.21. The number of carboxylic acids is 1. The summed E-state index contributed by atoms with van der Waals surface area (Å²) < 4.78 is 0.616. The molecule has 0 aromatic heterocycles.